The van der Waals surface area contributed by atoms with E-state index in [-0.39, 0.29) is 23.6 Å². The lowest BCUT2D eigenvalue weighted by atomic mass is 10.0. The number of hydrazine groups is 1. The predicted octanol–water partition coefficient (Wildman–Crippen LogP) is 3.11. The highest BCUT2D eigenvalue weighted by molar-refractivity contribution is 5.95. The van der Waals surface area contributed by atoms with E-state index in [0.717, 1.165) is 11.6 Å². The average molecular weight is 355 g/mol. The first kappa shape index (κ1) is 19.1. The first-order chi connectivity index (χ1) is 12.4. The number of hydrogen-bond acceptors (Lipinski definition) is 4. The van der Waals surface area contributed by atoms with Crippen molar-refractivity contribution in [3.8, 4) is 0 Å². The third-order valence-electron chi connectivity index (χ3n) is 3.92. The van der Waals surface area contributed by atoms with Gasteiger partial charge in [-0.15, -0.1) is 0 Å². The number of hydrogen-bond donors (Lipinski definition) is 2. The van der Waals surface area contributed by atoms with Crippen molar-refractivity contribution in [1.82, 2.24) is 10.9 Å². The number of rotatable bonds is 6. The van der Waals surface area contributed by atoms with Gasteiger partial charge in [0.2, 0.25) is 5.91 Å². The molecule has 2 amide bonds. The van der Waals surface area contributed by atoms with E-state index in [0.29, 0.717) is 12.3 Å². The van der Waals surface area contributed by atoms with Crippen LogP contribution in [-0.2, 0) is 11.2 Å². The summed E-state index contributed by atoms with van der Waals surface area (Å²) in [4.78, 5) is 34.0. The van der Waals surface area contributed by atoms with Crippen molar-refractivity contribution in [3.05, 3.63) is 75.3 Å². The zero-order valence-corrected chi connectivity index (χ0v) is 14.7. The molecule has 2 aromatic carbocycles. The van der Waals surface area contributed by atoms with E-state index in [4.69, 9.17) is 0 Å². The highest BCUT2D eigenvalue weighted by Crippen LogP contribution is 2.15. The number of non-ortho nitro benzene ring substituents is 1. The molecular formula is C19H21N3O4. The molecule has 0 atom stereocenters. The molecule has 0 fully saturated rings. The summed E-state index contributed by atoms with van der Waals surface area (Å²) in [6.45, 7) is 4.24. The molecule has 0 heterocycles. The standard InChI is InChI=1S/C19H21N3O4/c1-13(2)15-9-6-14(7-10-15)8-11-18(23)20-21-19(24)16-4-3-5-17(12-16)22(25)26/h3-7,9-10,12-13H,8,11H2,1-2H3,(H,20,23)(H,21,24). The Bertz CT molecular complexity index is 801. The summed E-state index contributed by atoms with van der Waals surface area (Å²) in [5, 5.41) is 10.7. The van der Waals surface area contributed by atoms with Crippen molar-refractivity contribution < 1.29 is 14.5 Å². The van der Waals surface area contributed by atoms with Crippen molar-refractivity contribution in [3.63, 3.8) is 0 Å². The van der Waals surface area contributed by atoms with Crippen LogP contribution in [0.15, 0.2) is 48.5 Å². The van der Waals surface area contributed by atoms with Gasteiger partial charge in [-0.3, -0.25) is 30.6 Å². The van der Waals surface area contributed by atoms with Gasteiger partial charge in [0.25, 0.3) is 11.6 Å². The number of nitrogens with one attached hydrogen (secondary N) is 2. The molecule has 0 spiro atoms. The summed E-state index contributed by atoms with van der Waals surface area (Å²) in [5.41, 5.74) is 6.77. The zero-order chi connectivity index (χ0) is 19.1. The van der Waals surface area contributed by atoms with E-state index in [1.54, 1.807) is 0 Å². The van der Waals surface area contributed by atoms with Crippen LogP contribution in [0.2, 0.25) is 0 Å². The summed E-state index contributed by atoms with van der Waals surface area (Å²) < 4.78 is 0. The molecule has 0 radical (unpaired) electrons. The lowest BCUT2D eigenvalue weighted by molar-refractivity contribution is -0.384. The fourth-order valence-corrected chi connectivity index (χ4v) is 2.35. The lowest BCUT2D eigenvalue weighted by Gasteiger charge is -2.09. The van der Waals surface area contributed by atoms with Crippen molar-refractivity contribution in [2.75, 3.05) is 0 Å². The SMILES string of the molecule is CC(C)c1ccc(CCC(=O)NNC(=O)c2cccc([N+](=O)[O-])c2)cc1. The van der Waals surface area contributed by atoms with E-state index in [1.165, 1.54) is 23.8 Å². The summed E-state index contributed by atoms with van der Waals surface area (Å²) in [5.74, 6) is -0.489. The molecule has 2 N–H and O–H groups in total. The Morgan fingerprint density at radius 1 is 1.08 bits per heavy atom. The summed E-state index contributed by atoms with van der Waals surface area (Å²) in [6, 6.07) is 13.4. The van der Waals surface area contributed by atoms with Gasteiger partial charge in [0.1, 0.15) is 0 Å². The fourth-order valence-electron chi connectivity index (χ4n) is 2.35. The molecular weight excluding hydrogens is 334 g/mol. The van der Waals surface area contributed by atoms with Crippen LogP contribution in [0, 0.1) is 10.1 Å². The van der Waals surface area contributed by atoms with Gasteiger partial charge in [0.05, 0.1) is 4.92 Å². The molecule has 7 nitrogen and oxygen atoms in total. The molecule has 0 aromatic heterocycles. The number of nitro groups is 1. The van der Waals surface area contributed by atoms with Crippen LogP contribution >= 0.6 is 0 Å². The van der Waals surface area contributed by atoms with Gasteiger partial charge in [0.15, 0.2) is 0 Å². The highest BCUT2D eigenvalue weighted by Gasteiger charge is 2.12. The topological polar surface area (TPSA) is 101 Å². The van der Waals surface area contributed by atoms with E-state index in [1.807, 2.05) is 24.3 Å². The minimum atomic E-state index is -0.608. The zero-order valence-electron chi connectivity index (χ0n) is 14.7. The Hall–Kier alpha value is -3.22. The number of amides is 2. The van der Waals surface area contributed by atoms with Crippen LogP contribution in [0.1, 0.15) is 47.7 Å². The smallest absolute Gasteiger partial charge is 0.270 e. The maximum atomic E-state index is 12.0. The molecule has 0 unspecified atom stereocenters. The van der Waals surface area contributed by atoms with Gasteiger partial charge in [-0.25, -0.2) is 0 Å². The van der Waals surface area contributed by atoms with Crippen LogP contribution in [0.5, 0.6) is 0 Å². The number of carbonyl (C=O) groups excluding carboxylic acids is 2. The van der Waals surface area contributed by atoms with E-state index in [9.17, 15) is 19.7 Å². The number of carbonyl (C=O) groups is 2. The van der Waals surface area contributed by atoms with Crippen LogP contribution in [0.25, 0.3) is 0 Å². The van der Waals surface area contributed by atoms with Crippen LogP contribution in [0.3, 0.4) is 0 Å². The number of nitro benzene ring substituents is 1. The number of aryl methyl sites for hydroxylation is 1. The van der Waals surface area contributed by atoms with Gasteiger partial charge in [0, 0.05) is 24.1 Å². The predicted molar refractivity (Wildman–Crippen MR) is 97.6 cm³/mol. The molecule has 2 rings (SSSR count). The molecule has 0 aliphatic rings. The van der Waals surface area contributed by atoms with Gasteiger partial charge in [-0.2, -0.15) is 0 Å². The Balaban J connectivity index is 1.82. The fraction of sp³-hybridized carbons (Fsp3) is 0.263. The third-order valence-corrected chi connectivity index (χ3v) is 3.92. The van der Waals surface area contributed by atoms with Crippen molar-refractivity contribution in [1.29, 1.82) is 0 Å². The van der Waals surface area contributed by atoms with Crippen molar-refractivity contribution in [2.45, 2.75) is 32.6 Å². The lowest BCUT2D eigenvalue weighted by Crippen LogP contribution is -2.41. The monoisotopic (exact) mass is 355 g/mol. The van der Waals surface area contributed by atoms with E-state index >= 15 is 0 Å². The van der Waals surface area contributed by atoms with Crippen molar-refractivity contribution >= 4 is 17.5 Å². The van der Waals surface area contributed by atoms with Gasteiger partial charge < -0.3 is 0 Å². The third kappa shape index (κ3) is 5.41. The van der Waals surface area contributed by atoms with Crippen LogP contribution in [0.4, 0.5) is 5.69 Å². The van der Waals surface area contributed by atoms with E-state index in [2.05, 4.69) is 24.7 Å². The second-order valence-electron chi connectivity index (χ2n) is 6.21. The Morgan fingerprint density at radius 3 is 2.38 bits per heavy atom. The molecule has 26 heavy (non-hydrogen) atoms. The first-order valence-corrected chi connectivity index (χ1v) is 8.29. The van der Waals surface area contributed by atoms with Crippen molar-refractivity contribution in [2.24, 2.45) is 0 Å². The molecule has 0 aliphatic carbocycles. The normalized spacial score (nSPS) is 10.4. The molecule has 0 saturated heterocycles. The van der Waals surface area contributed by atoms with Gasteiger partial charge in [-0.05, 0) is 29.5 Å². The number of benzene rings is 2. The molecule has 0 bridgehead atoms. The van der Waals surface area contributed by atoms with Gasteiger partial charge in [-0.1, -0.05) is 44.2 Å². The second-order valence-corrected chi connectivity index (χ2v) is 6.21. The summed E-state index contributed by atoms with van der Waals surface area (Å²) >= 11 is 0. The highest BCUT2D eigenvalue weighted by atomic mass is 16.6. The number of nitrogens with zero attached hydrogens (tertiary/aromatic N) is 1. The summed E-state index contributed by atoms with van der Waals surface area (Å²) in [6.07, 6.45) is 0.771. The molecule has 0 aliphatic heterocycles. The Labute approximate surface area is 151 Å². The largest absolute Gasteiger partial charge is 0.273 e. The molecule has 136 valence electrons. The first-order valence-electron chi connectivity index (χ1n) is 8.29. The maximum absolute atomic E-state index is 12.0. The minimum absolute atomic E-state index is 0.101. The Kier molecular flexibility index (Phi) is 6.43. The van der Waals surface area contributed by atoms with Gasteiger partial charge >= 0.3 is 0 Å². The Morgan fingerprint density at radius 2 is 1.77 bits per heavy atom. The van der Waals surface area contributed by atoms with E-state index < -0.39 is 10.8 Å². The van der Waals surface area contributed by atoms with Crippen LogP contribution < -0.4 is 10.9 Å². The quantitative estimate of drug-likeness (QED) is 0.614. The summed E-state index contributed by atoms with van der Waals surface area (Å²) in [7, 11) is 0. The molecule has 0 saturated carbocycles. The average Bonchev–Trinajstić information content (AvgIpc) is 2.64. The molecule has 7 heteroatoms. The molecule has 2 aromatic rings. The second kappa shape index (κ2) is 8.75. The minimum Gasteiger partial charge on any atom is -0.273 e. The van der Waals surface area contributed by atoms with Crippen LogP contribution in [-0.4, -0.2) is 16.7 Å². The maximum Gasteiger partial charge on any atom is 0.270 e.